The molecule has 0 saturated heterocycles. The van der Waals surface area contributed by atoms with Gasteiger partial charge in [-0.25, -0.2) is 4.98 Å². The number of nitrogens with zero attached hydrogens (tertiary/aromatic N) is 1. The van der Waals surface area contributed by atoms with Gasteiger partial charge in [0.25, 0.3) is 0 Å². The summed E-state index contributed by atoms with van der Waals surface area (Å²) in [6.07, 6.45) is 1.10. The van der Waals surface area contributed by atoms with Gasteiger partial charge >= 0.3 is 0 Å². The van der Waals surface area contributed by atoms with Gasteiger partial charge in [-0.1, -0.05) is 6.07 Å². The van der Waals surface area contributed by atoms with Crippen molar-refractivity contribution in [3.8, 4) is 27.8 Å². The van der Waals surface area contributed by atoms with Gasteiger partial charge in [-0.3, -0.25) is 0 Å². The molecule has 0 radical (unpaired) electrons. The minimum atomic E-state index is -0.768. The van der Waals surface area contributed by atoms with Crippen LogP contribution in [0.15, 0.2) is 48.7 Å². The number of aryl methyl sites for hydroxylation is 1. The zero-order valence-electron chi connectivity index (χ0n) is 14.9. The van der Waals surface area contributed by atoms with Crippen molar-refractivity contribution in [3.63, 3.8) is 0 Å². The number of aliphatic hydroxyl groups excluding tert-OH is 1. The van der Waals surface area contributed by atoms with E-state index in [1.54, 1.807) is 43.8 Å². The minimum absolute atomic E-state index is 0.144. The highest BCUT2D eigenvalue weighted by Gasteiger charge is 2.13. The maximum Gasteiger partial charge on any atom is 0.161 e. The van der Waals surface area contributed by atoms with E-state index in [-0.39, 0.29) is 6.61 Å². The Morgan fingerprint density at radius 2 is 1.77 bits per heavy atom. The summed E-state index contributed by atoms with van der Waals surface area (Å²) in [5, 5.41) is 11.4. The monoisotopic (exact) mass is 371 g/mol. The molecule has 2 aromatic carbocycles. The van der Waals surface area contributed by atoms with Crippen molar-refractivity contribution < 1.29 is 19.3 Å². The number of thiazole rings is 1. The Morgan fingerprint density at radius 1 is 1.04 bits per heavy atom. The molecule has 1 aromatic heterocycles. The average molecular weight is 371 g/mol. The van der Waals surface area contributed by atoms with Gasteiger partial charge < -0.3 is 19.3 Å². The van der Waals surface area contributed by atoms with E-state index < -0.39 is 6.10 Å². The van der Waals surface area contributed by atoms with Crippen molar-refractivity contribution >= 4 is 11.3 Å². The molecule has 1 N–H and O–H groups in total. The van der Waals surface area contributed by atoms with E-state index in [1.807, 2.05) is 37.4 Å². The second kappa shape index (κ2) is 8.21. The molecule has 5 nitrogen and oxygen atoms in total. The fourth-order valence-corrected chi connectivity index (χ4v) is 3.28. The molecule has 0 aliphatic heterocycles. The van der Waals surface area contributed by atoms with E-state index in [0.717, 1.165) is 10.6 Å². The molecule has 26 heavy (non-hydrogen) atoms. The molecule has 136 valence electrons. The number of hydrogen-bond donors (Lipinski definition) is 1. The van der Waals surface area contributed by atoms with Gasteiger partial charge in [0.1, 0.15) is 23.5 Å². The fraction of sp³-hybridized carbons (Fsp3) is 0.250. The first-order valence-electron chi connectivity index (χ1n) is 8.16. The summed E-state index contributed by atoms with van der Waals surface area (Å²) in [5.41, 5.74) is 1.76. The molecule has 6 heteroatoms. The third kappa shape index (κ3) is 4.15. The van der Waals surface area contributed by atoms with Crippen molar-refractivity contribution in [2.24, 2.45) is 0 Å². The molecule has 3 aromatic rings. The van der Waals surface area contributed by atoms with Gasteiger partial charge in [-0.2, -0.15) is 0 Å². The number of rotatable bonds is 7. The maximum absolute atomic E-state index is 10.4. The Bertz CT molecular complexity index is 861. The number of ether oxygens (including phenoxy) is 3. The van der Waals surface area contributed by atoms with E-state index in [4.69, 9.17) is 14.2 Å². The molecule has 0 aliphatic rings. The predicted octanol–water partition coefficient (Wildman–Crippen LogP) is 4.25. The lowest BCUT2D eigenvalue weighted by Gasteiger charge is -2.15. The molecule has 1 unspecified atom stereocenters. The van der Waals surface area contributed by atoms with Crippen molar-refractivity contribution in [3.05, 3.63) is 59.1 Å². The third-order valence-corrected chi connectivity index (χ3v) is 4.88. The van der Waals surface area contributed by atoms with E-state index >= 15 is 0 Å². The fourth-order valence-electron chi connectivity index (χ4n) is 2.51. The van der Waals surface area contributed by atoms with Crippen LogP contribution in [0.5, 0.6) is 17.2 Å². The number of aromatic nitrogens is 1. The second-order valence-corrected chi connectivity index (χ2v) is 6.98. The molecule has 3 rings (SSSR count). The quantitative estimate of drug-likeness (QED) is 0.673. The van der Waals surface area contributed by atoms with Crippen molar-refractivity contribution in [1.82, 2.24) is 4.98 Å². The number of benzene rings is 2. The van der Waals surface area contributed by atoms with Gasteiger partial charge in [0.2, 0.25) is 0 Å². The molecule has 1 atom stereocenters. The lowest BCUT2D eigenvalue weighted by atomic mass is 10.1. The van der Waals surface area contributed by atoms with Crippen LogP contribution in [0.1, 0.15) is 16.5 Å². The van der Waals surface area contributed by atoms with Crippen LogP contribution in [0, 0.1) is 6.92 Å². The number of hydrogen-bond acceptors (Lipinski definition) is 6. The van der Waals surface area contributed by atoms with Crippen LogP contribution >= 0.6 is 11.3 Å². The maximum atomic E-state index is 10.4. The van der Waals surface area contributed by atoms with Gasteiger partial charge in [0.05, 0.1) is 14.2 Å². The van der Waals surface area contributed by atoms with Crippen LogP contribution < -0.4 is 14.2 Å². The Hall–Kier alpha value is -2.57. The highest BCUT2D eigenvalue weighted by atomic mass is 32.1. The van der Waals surface area contributed by atoms with Gasteiger partial charge in [-0.05, 0) is 48.9 Å². The van der Waals surface area contributed by atoms with E-state index in [0.29, 0.717) is 22.8 Å². The summed E-state index contributed by atoms with van der Waals surface area (Å²) in [6.45, 7) is 2.18. The van der Waals surface area contributed by atoms with Crippen LogP contribution in [0.2, 0.25) is 0 Å². The topological polar surface area (TPSA) is 60.8 Å². The van der Waals surface area contributed by atoms with Crippen LogP contribution in [0.4, 0.5) is 0 Å². The van der Waals surface area contributed by atoms with Gasteiger partial charge in [-0.15, -0.1) is 11.3 Å². The standard InChI is InChI=1S/C20H21NO4S/c1-13-11-21-20(26-13)14-4-7-16(8-5-14)25-12-17(22)15-6-9-18(23-2)19(10-15)24-3/h4-11,17,22H,12H2,1-3H3. The molecule has 0 saturated carbocycles. The zero-order chi connectivity index (χ0) is 18.5. The third-order valence-electron chi connectivity index (χ3n) is 3.92. The SMILES string of the molecule is COc1ccc(C(O)COc2ccc(-c3ncc(C)s3)cc2)cc1OC. The van der Waals surface area contributed by atoms with E-state index in [9.17, 15) is 5.11 Å². The molecule has 0 bridgehead atoms. The minimum Gasteiger partial charge on any atom is -0.493 e. The first-order valence-corrected chi connectivity index (χ1v) is 8.98. The lowest BCUT2D eigenvalue weighted by Crippen LogP contribution is -2.10. The highest BCUT2D eigenvalue weighted by Crippen LogP contribution is 2.30. The molecule has 0 aliphatic carbocycles. The number of aliphatic hydroxyl groups is 1. The Labute approximate surface area is 156 Å². The first kappa shape index (κ1) is 18.2. The van der Waals surface area contributed by atoms with Crippen LogP contribution in [-0.4, -0.2) is 30.9 Å². The second-order valence-electron chi connectivity index (χ2n) is 5.74. The van der Waals surface area contributed by atoms with Gasteiger partial charge in [0.15, 0.2) is 11.5 Å². The average Bonchev–Trinajstić information content (AvgIpc) is 3.12. The van der Waals surface area contributed by atoms with Crippen molar-refractivity contribution in [1.29, 1.82) is 0 Å². The summed E-state index contributed by atoms with van der Waals surface area (Å²) in [7, 11) is 3.14. The Kier molecular flexibility index (Phi) is 5.75. The molecular formula is C20H21NO4S. The predicted molar refractivity (Wildman–Crippen MR) is 102 cm³/mol. The van der Waals surface area contributed by atoms with Crippen LogP contribution in [0.25, 0.3) is 10.6 Å². The number of methoxy groups -OCH3 is 2. The lowest BCUT2D eigenvalue weighted by molar-refractivity contribution is 0.108. The molecule has 1 heterocycles. The summed E-state index contributed by atoms with van der Waals surface area (Å²) in [6, 6.07) is 13.0. The van der Waals surface area contributed by atoms with E-state index in [2.05, 4.69) is 4.98 Å². The van der Waals surface area contributed by atoms with Crippen LogP contribution in [0.3, 0.4) is 0 Å². The largest absolute Gasteiger partial charge is 0.493 e. The van der Waals surface area contributed by atoms with Crippen molar-refractivity contribution in [2.75, 3.05) is 20.8 Å². The van der Waals surface area contributed by atoms with Crippen LogP contribution in [-0.2, 0) is 0 Å². The molecular weight excluding hydrogens is 350 g/mol. The molecule has 0 amide bonds. The summed E-state index contributed by atoms with van der Waals surface area (Å²) < 4.78 is 16.2. The summed E-state index contributed by atoms with van der Waals surface area (Å²) in [5.74, 6) is 1.89. The highest BCUT2D eigenvalue weighted by molar-refractivity contribution is 7.14. The van der Waals surface area contributed by atoms with E-state index in [1.165, 1.54) is 4.88 Å². The summed E-state index contributed by atoms with van der Waals surface area (Å²) in [4.78, 5) is 5.55. The zero-order valence-corrected chi connectivity index (χ0v) is 15.7. The first-order chi connectivity index (χ1) is 12.6. The molecule has 0 spiro atoms. The Balaban J connectivity index is 1.63. The molecule has 0 fully saturated rings. The normalized spacial score (nSPS) is 11.8. The van der Waals surface area contributed by atoms with Crippen molar-refractivity contribution in [2.45, 2.75) is 13.0 Å². The van der Waals surface area contributed by atoms with Gasteiger partial charge in [0, 0.05) is 16.6 Å². The smallest absolute Gasteiger partial charge is 0.161 e. The Morgan fingerprint density at radius 3 is 2.38 bits per heavy atom. The summed E-state index contributed by atoms with van der Waals surface area (Å²) >= 11 is 1.65.